The summed E-state index contributed by atoms with van der Waals surface area (Å²) in [7, 11) is 0. The van der Waals surface area contributed by atoms with Crippen molar-refractivity contribution in [2.24, 2.45) is 23.7 Å². The van der Waals surface area contributed by atoms with E-state index in [9.17, 15) is 8.78 Å². The fourth-order valence-corrected chi connectivity index (χ4v) is 4.58. The van der Waals surface area contributed by atoms with Crippen molar-refractivity contribution in [3.8, 4) is 0 Å². The zero-order chi connectivity index (χ0) is 12.0. The first-order valence-corrected chi connectivity index (χ1v) is 6.79. The zero-order valence-electron chi connectivity index (χ0n) is 10.0. The summed E-state index contributed by atoms with van der Waals surface area (Å²) in [6.45, 7) is -1.41. The van der Waals surface area contributed by atoms with E-state index in [4.69, 9.17) is 5.11 Å². The molecule has 4 heteroatoms. The molecule has 4 bridgehead atoms. The SMILES string of the molecule is OCC(F)(F)CNC1C2CC3CC(C2)CC1C3. The highest BCUT2D eigenvalue weighted by molar-refractivity contribution is 5.01. The molecule has 0 heterocycles. The number of rotatable bonds is 4. The van der Waals surface area contributed by atoms with Gasteiger partial charge in [0.2, 0.25) is 0 Å². The average molecular weight is 245 g/mol. The third-order valence-electron chi connectivity index (χ3n) is 5.05. The Morgan fingerprint density at radius 3 is 2.00 bits per heavy atom. The highest BCUT2D eigenvalue weighted by Gasteiger charge is 2.48. The Balaban J connectivity index is 1.61. The molecule has 4 aliphatic carbocycles. The Labute approximate surface area is 101 Å². The van der Waals surface area contributed by atoms with Crippen molar-refractivity contribution in [2.75, 3.05) is 13.2 Å². The lowest BCUT2D eigenvalue weighted by atomic mass is 9.54. The van der Waals surface area contributed by atoms with Crippen LogP contribution in [0.25, 0.3) is 0 Å². The highest BCUT2D eigenvalue weighted by atomic mass is 19.3. The minimum absolute atomic E-state index is 0.278. The second kappa shape index (κ2) is 4.16. The topological polar surface area (TPSA) is 32.3 Å². The van der Waals surface area contributed by atoms with Gasteiger partial charge >= 0.3 is 0 Å². The van der Waals surface area contributed by atoms with Gasteiger partial charge in [-0.1, -0.05) is 0 Å². The quantitative estimate of drug-likeness (QED) is 0.794. The third kappa shape index (κ3) is 2.22. The molecule has 4 saturated carbocycles. The van der Waals surface area contributed by atoms with Crippen LogP contribution in [-0.2, 0) is 0 Å². The Morgan fingerprint density at radius 1 is 1.00 bits per heavy atom. The number of aliphatic hydroxyl groups is 1. The monoisotopic (exact) mass is 245 g/mol. The molecule has 0 aromatic heterocycles. The van der Waals surface area contributed by atoms with Crippen LogP contribution in [0, 0.1) is 23.7 Å². The lowest BCUT2D eigenvalue weighted by Gasteiger charge is -2.54. The van der Waals surface area contributed by atoms with Crippen molar-refractivity contribution in [3.63, 3.8) is 0 Å². The van der Waals surface area contributed by atoms with Gasteiger partial charge in [0, 0.05) is 6.04 Å². The van der Waals surface area contributed by atoms with Crippen LogP contribution in [-0.4, -0.2) is 30.2 Å². The second-order valence-electron chi connectivity index (χ2n) is 6.35. The van der Waals surface area contributed by atoms with Crippen LogP contribution < -0.4 is 5.32 Å². The Morgan fingerprint density at radius 2 is 1.53 bits per heavy atom. The normalized spacial score (nSPS) is 44.3. The maximum atomic E-state index is 13.1. The predicted octanol–water partition coefficient (Wildman–Crippen LogP) is 2.03. The standard InChI is InChI=1S/C13H21F2NO/c14-13(15,7-17)6-16-12-10-2-8-1-9(4-10)5-11(12)3-8/h8-12,16-17H,1-7H2. The molecule has 4 aliphatic rings. The van der Waals surface area contributed by atoms with E-state index in [0.717, 1.165) is 11.8 Å². The molecule has 98 valence electrons. The van der Waals surface area contributed by atoms with Gasteiger partial charge in [-0.15, -0.1) is 0 Å². The van der Waals surface area contributed by atoms with E-state index < -0.39 is 12.5 Å². The fraction of sp³-hybridized carbons (Fsp3) is 1.00. The predicted molar refractivity (Wildman–Crippen MR) is 60.9 cm³/mol. The number of aliphatic hydroxyl groups excluding tert-OH is 1. The number of hydrogen-bond donors (Lipinski definition) is 2. The van der Waals surface area contributed by atoms with Gasteiger partial charge in [0.15, 0.2) is 0 Å². The van der Waals surface area contributed by atoms with Crippen LogP contribution in [0.3, 0.4) is 0 Å². The van der Waals surface area contributed by atoms with Crippen LogP contribution in [0.4, 0.5) is 8.78 Å². The molecule has 0 radical (unpaired) electrons. The minimum Gasteiger partial charge on any atom is -0.390 e. The van der Waals surface area contributed by atoms with Gasteiger partial charge in [-0.25, -0.2) is 8.78 Å². The molecule has 0 aromatic rings. The lowest BCUT2D eigenvalue weighted by molar-refractivity contribution is -0.0656. The summed E-state index contributed by atoms with van der Waals surface area (Å²) in [5.41, 5.74) is 0. The summed E-state index contributed by atoms with van der Waals surface area (Å²) in [6, 6.07) is 0.278. The molecule has 2 N–H and O–H groups in total. The van der Waals surface area contributed by atoms with Crippen molar-refractivity contribution >= 4 is 0 Å². The van der Waals surface area contributed by atoms with Crippen molar-refractivity contribution in [1.82, 2.24) is 5.32 Å². The summed E-state index contributed by atoms with van der Waals surface area (Å²) in [4.78, 5) is 0. The molecular formula is C13H21F2NO. The lowest BCUT2D eigenvalue weighted by Crippen LogP contribution is -2.56. The molecule has 17 heavy (non-hydrogen) atoms. The van der Waals surface area contributed by atoms with Crippen LogP contribution >= 0.6 is 0 Å². The van der Waals surface area contributed by atoms with E-state index >= 15 is 0 Å². The first kappa shape index (κ1) is 11.8. The Hall–Kier alpha value is -0.220. The smallest absolute Gasteiger partial charge is 0.282 e. The van der Waals surface area contributed by atoms with Crippen LogP contribution in [0.15, 0.2) is 0 Å². The number of nitrogens with one attached hydrogen (secondary N) is 1. The zero-order valence-corrected chi connectivity index (χ0v) is 10.0. The summed E-state index contributed by atoms with van der Waals surface area (Å²) >= 11 is 0. The summed E-state index contributed by atoms with van der Waals surface area (Å²) < 4.78 is 26.1. The molecule has 0 unspecified atom stereocenters. The average Bonchev–Trinajstić information content (AvgIpc) is 2.27. The molecule has 4 fully saturated rings. The maximum absolute atomic E-state index is 13.1. The maximum Gasteiger partial charge on any atom is 0.282 e. The van der Waals surface area contributed by atoms with Gasteiger partial charge in [-0.3, -0.25) is 0 Å². The molecule has 0 saturated heterocycles. The van der Waals surface area contributed by atoms with E-state index in [0.29, 0.717) is 11.8 Å². The van der Waals surface area contributed by atoms with E-state index in [2.05, 4.69) is 5.32 Å². The molecule has 4 rings (SSSR count). The van der Waals surface area contributed by atoms with Gasteiger partial charge in [-0.2, -0.15) is 0 Å². The molecule has 2 nitrogen and oxygen atoms in total. The van der Waals surface area contributed by atoms with Gasteiger partial charge < -0.3 is 10.4 Å². The summed E-state index contributed by atoms with van der Waals surface area (Å²) in [6.07, 6.45) is 6.31. The first-order chi connectivity index (χ1) is 8.07. The van der Waals surface area contributed by atoms with Gasteiger partial charge in [0.25, 0.3) is 5.92 Å². The molecule has 0 aromatic carbocycles. The van der Waals surface area contributed by atoms with E-state index in [1.165, 1.54) is 32.1 Å². The first-order valence-electron chi connectivity index (χ1n) is 6.79. The highest BCUT2D eigenvalue weighted by Crippen LogP contribution is 2.53. The fourth-order valence-electron chi connectivity index (χ4n) is 4.58. The Kier molecular flexibility index (Phi) is 2.90. The van der Waals surface area contributed by atoms with E-state index in [1.54, 1.807) is 0 Å². The third-order valence-corrected chi connectivity index (χ3v) is 5.05. The number of hydrogen-bond acceptors (Lipinski definition) is 2. The largest absolute Gasteiger partial charge is 0.390 e. The van der Waals surface area contributed by atoms with Gasteiger partial charge in [0.05, 0.1) is 6.54 Å². The molecular weight excluding hydrogens is 224 g/mol. The van der Waals surface area contributed by atoms with E-state index in [1.807, 2.05) is 0 Å². The van der Waals surface area contributed by atoms with E-state index in [-0.39, 0.29) is 12.6 Å². The minimum atomic E-state index is -2.96. The summed E-state index contributed by atoms with van der Waals surface area (Å²) in [5.74, 6) is -0.00132. The van der Waals surface area contributed by atoms with Gasteiger partial charge in [0.1, 0.15) is 6.61 Å². The van der Waals surface area contributed by atoms with Crippen LogP contribution in [0.2, 0.25) is 0 Å². The van der Waals surface area contributed by atoms with Crippen molar-refractivity contribution < 1.29 is 13.9 Å². The van der Waals surface area contributed by atoms with Crippen molar-refractivity contribution in [1.29, 1.82) is 0 Å². The molecule has 0 atom stereocenters. The molecule has 0 aliphatic heterocycles. The van der Waals surface area contributed by atoms with Crippen molar-refractivity contribution in [3.05, 3.63) is 0 Å². The van der Waals surface area contributed by atoms with Gasteiger partial charge in [-0.05, 0) is 55.8 Å². The molecule has 0 spiro atoms. The number of alkyl halides is 2. The van der Waals surface area contributed by atoms with Crippen LogP contribution in [0.1, 0.15) is 32.1 Å². The summed E-state index contributed by atoms with van der Waals surface area (Å²) in [5, 5.41) is 11.6. The van der Waals surface area contributed by atoms with Crippen molar-refractivity contribution in [2.45, 2.75) is 44.1 Å². The Bertz CT molecular complexity index is 267. The number of halogens is 2. The molecule has 0 amide bonds. The van der Waals surface area contributed by atoms with Crippen LogP contribution in [0.5, 0.6) is 0 Å². The second-order valence-corrected chi connectivity index (χ2v) is 6.35.